The van der Waals surface area contributed by atoms with Crippen LogP contribution in [0.4, 0.5) is 4.39 Å². The molecule has 3 aromatic carbocycles. The van der Waals surface area contributed by atoms with Gasteiger partial charge in [-0.25, -0.2) is 9.18 Å². The number of carbonyl (C=O) groups is 5. The highest BCUT2D eigenvalue weighted by molar-refractivity contribution is 6.31. The lowest BCUT2D eigenvalue weighted by molar-refractivity contribution is -0.144. The van der Waals surface area contributed by atoms with Crippen LogP contribution in [0.3, 0.4) is 0 Å². The van der Waals surface area contributed by atoms with Crippen LogP contribution in [-0.4, -0.2) is 102 Å². The minimum absolute atomic E-state index is 0.0292. The summed E-state index contributed by atoms with van der Waals surface area (Å²) in [4.78, 5) is 68.0. The Morgan fingerprint density at radius 1 is 1.00 bits per heavy atom. The maximum Gasteiger partial charge on any atom is 0.335 e. The van der Waals surface area contributed by atoms with E-state index in [1.807, 2.05) is 29.2 Å². The number of carbonyl (C=O) groups excluding carboxylic acids is 3. The van der Waals surface area contributed by atoms with Crippen LogP contribution >= 0.6 is 11.6 Å². The van der Waals surface area contributed by atoms with Gasteiger partial charge in [-0.2, -0.15) is 4.68 Å². The van der Waals surface area contributed by atoms with Crippen LogP contribution in [0, 0.1) is 11.7 Å². The molecule has 302 valence electrons. The van der Waals surface area contributed by atoms with Gasteiger partial charge in [0, 0.05) is 44.1 Å². The lowest BCUT2D eigenvalue weighted by Gasteiger charge is -2.37. The van der Waals surface area contributed by atoms with E-state index in [-0.39, 0.29) is 59.3 Å². The third-order valence-corrected chi connectivity index (χ3v) is 10.8. The number of rotatable bonds is 17. The number of nitrogens with two attached hydrogens (primary N) is 1. The fourth-order valence-electron chi connectivity index (χ4n) is 7.59. The van der Waals surface area contributed by atoms with E-state index >= 15 is 4.39 Å². The molecular formula is C42H43ClFN7O7. The highest BCUT2D eigenvalue weighted by atomic mass is 35.5. The minimum Gasteiger partial charge on any atom is -0.481 e. The average Bonchev–Trinajstić information content (AvgIpc) is 3.76. The monoisotopic (exact) mass is 811 g/mol. The van der Waals surface area contributed by atoms with Crippen molar-refractivity contribution in [1.82, 2.24) is 30.0 Å². The number of carboxylic acid groups (broad SMARTS) is 2. The largest absolute Gasteiger partial charge is 0.481 e. The molecular weight excluding hydrogens is 769 g/mol. The molecule has 4 aromatic rings. The van der Waals surface area contributed by atoms with Crippen LogP contribution in [-0.2, 0) is 32.0 Å². The van der Waals surface area contributed by atoms with Crippen molar-refractivity contribution < 1.29 is 38.6 Å². The van der Waals surface area contributed by atoms with E-state index in [2.05, 4.69) is 15.5 Å². The molecule has 0 unspecified atom stereocenters. The highest BCUT2D eigenvalue weighted by Crippen LogP contribution is 2.37. The quantitative estimate of drug-likeness (QED) is 0.0955. The second-order valence-corrected chi connectivity index (χ2v) is 14.8. The second-order valence-electron chi connectivity index (χ2n) is 14.4. The molecule has 2 aliphatic heterocycles. The number of amides is 1. The fraction of sp³-hybridized carbons (Fsp3) is 0.333. The van der Waals surface area contributed by atoms with Gasteiger partial charge in [-0.1, -0.05) is 54.4 Å². The van der Waals surface area contributed by atoms with Gasteiger partial charge in [0.25, 0.3) is 0 Å². The topological polar surface area (TPSA) is 202 Å². The van der Waals surface area contributed by atoms with Gasteiger partial charge in [-0.3, -0.25) is 24.1 Å². The van der Waals surface area contributed by atoms with E-state index in [1.165, 1.54) is 52.3 Å². The van der Waals surface area contributed by atoms with Crippen molar-refractivity contribution in [2.45, 2.75) is 51.0 Å². The Bertz CT molecular complexity index is 2240. The summed E-state index contributed by atoms with van der Waals surface area (Å²) in [5.41, 5.74) is 9.94. The van der Waals surface area contributed by atoms with Crippen LogP contribution in [0.2, 0.25) is 5.02 Å². The smallest absolute Gasteiger partial charge is 0.335 e. The summed E-state index contributed by atoms with van der Waals surface area (Å²) >= 11 is 6.11. The summed E-state index contributed by atoms with van der Waals surface area (Å²) in [6.45, 7) is 1.84. The van der Waals surface area contributed by atoms with Gasteiger partial charge in [0.15, 0.2) is 11.6 Å². The standard InChI is InChI=1S/C42H43ClFN7O7/c43-35-12-13-36(51-25-46-47-48-51)34(39(35)44)11-14-38(54)50-21-17-32-31(5-3-6-33(32)40(50)37(53)22-26-7-9-28(10-8-26)41(55)56)27-15-19-49(20-16-27)24-30(52)23-29(42(57)58)4-1-2-18-45/h3,5-15,25,29,40H,1-2,4,16-24,45H2,(H,55,56)(H,57,58)/b14-11+/t29-,40+/m1/s1. The zero-order chi connectivity index (χ0) is 41.3. The minimum atomic E-state index is -1.10. The molecule has 4 N–H and O–H groups in total. The Labute approximate surface area is 338 Å². The number of halogens is 2. The third-order valence-electron chi connectivity index (χ3n) is 10.6. The lowest BCUT2D eigenvalue weighted by Crippen LogP contribution is -2.43. The molecule has 3 heterocycles. The van der Waals surface area contributed by atoms with E-state index in [1.54, 1.807) is 12.1 Å². The van der Waals surface area contributed by atoms with Crippen LogP contribution < -0.4 is 5.73 Å². The molecule has 58 heavy (non-hydrogen) atoms. The van der Waals surface area contributed by atoms with Crippen LogP contribution in [0.25, 0.3) is 17.3 Å². The number of ketones is 2. The van der Waals surface area contributed by atoms with Crippen LogP contribution in [0.1, 0.15) is 76.3 Å². The number of aromatic nitrogens is 4. The van der Waals surface area contributed by atoms with E-state index < -0.39 is 35.6 Å². The Balaban J connectivity index is 1.26. The normalized spacial score (nSPS) is 16.2. The first-order chi connectivity index (χ1) is 27.9. The summed E-state index contributed by atoms with van der Waals surface area (Å²) in [7, 11) is 0. The molecule has 0 saturated heterocycles. The molecule has 2 atom stereocenters. The predicted octanol–water partition coefficient (Wildman–Crippen LogP) is 4.98. The molecule has 0 spiro atoms. The molecule has 1 aromatic heterocycles. The van der Waals surface area contributed by atoms with Crippen molar-refractivity contribution in [3.8, 4) is 5.69 Å². The molecule has 0 saturated carbocycles. The van der Waals surface area contributed by atoms with Gasteiger partial charge in [-0.05, 0) is 101 Å². The van der Waals surface area contributed by atoms with Crippen molar-refractivity contribution in [2.75, 3.05) is 32.7 Å². The Morgan fingerprint density at radius 2 is 1.79 bits per heavy atom. The zero-order valence-corrected chi connectivity index (χ0v) is 32.4. The summed E-state index contributed by atoms with van der Waals surface area (Å²) < 4.78 is 16.6. The van der Waals surface area contributed by atoms with Gasteiger partial charge in [0.2, 0.25) is 5.91 Å². The Morgan fingerprint density at radius 3 is 2.47 bits per heavy atom. The van der Waals surface area contributed by atoms with Gasteiger partial charge in [0.05, 0.1) is 28.7 Å². The number of hydrogen-bond donors (Lipinski definition) is 3. The Hall–Kier alpha value is -5.90. The van der Waals surface area contributed by atoms with Crippen molar-refractivity contribution >= 4 is 52.7 Å². The van der Waals surface area contributed by atoms with Gasteiger partial charge in [0.1, 0.15) is 18.2 Å². The Kier molecular flexibility index (Phi) is 13.7. The summed E-state index contributed by atoms with van der Waals surface area (Å²) in [5.74, 6) is -4.56. The van der Waals surface area contributed by atoms with Gasteiger partial charge in [-0.15, -0.1) is 5.10 Å². The first-order valence-electron chi connectivity index (χ1n) is 19.0. The first-order valence-corrected chi connectivity index (χ1v) is 19.4. The fourth-order valence-corrected chi connectivity index (χ4v) is 7.76. The van der Waals surface area contributed by atoms with E-state index in [0.717, 1.165) is 16.7 Å². The molecule has 16 heteroatoms. The molecule has 1 amide bonds. The van der Waals surface area contributed by atoms with Crippen molar-refractivity contribution in [1.29, 1.82) is 0 Å². The summed E-state index contributed by atoms with van der Waals surface area (Å²) in [6.07, 6.45) is 8.48. The first kappa shape index (κ1) is 41.7. The summed E-state index contributed by atoms with van der Waals surface area (Å²) in [5, 5.41) is 29.9. The molecule has 6 rings (SSSR count). The number of tetrazole rings is 1. The van der Waals surface area contributed by atoms with Crippen molar-refractivity contribution in [3.05, 3.63) is 117 Å². The molecule has 0 fully saturated rings. The molecule has 2 aliphatic rings. The van der Waals surface area contributed by atoms with Crippen molar-refractivity contribution in [2.24, 2.45) is 11.7 Å². The third kappa shape index (κ3) is 9.79. The summed E-state index contributed by atoms with van der Waals surface area (Å²) in [6, 6.07) is 13.5. The maximum atomic E-state index is 15.4. The van der Waals surface area contributed by atoms with E-state index in [9.17, 15) is 34.2 Å². The predicted molar refractivity (Wildman–Crippen MR) is 213 cm³/mol. The number of aliphatic carboxylic acids is 1. The average molecular weight is 812 g/mol. The second kappa shape index (κ2) is 19.0. The van der Waals surface area contributed by atoms with E-state index in [0.29, 0.717) is 62.9 Å². The number of aromatic carboxylic acids is 1. The maximum absolute atomic E-state index is 15.4. The van der Waals surface area contributed by atoms with Crippen LogP contribution in [0.5, 0.6) is 0 Å². The number of carboxylic acids is 2. The van der Waals surface area contributed by atoms with Gasteiger partial charge >= 0.3 is 11.9 Å². The SMILES string of the molecule is NCCCC[C@H](CC(=O)CN1CC=C(c2cccc3c2CCN(C(=O)/C=C/c2c(-n4cnnn4)ccc(Cl)c2F)[C@@H]3C(=O)Cc2ccc(C(=O)O)cc2)CC1)C(=O)O. The number of benzene rings is 3. The molecule has 0 bridgehead atoms. The lowest BCUT2D eigenvalue weighted by atomic mass is 9.82. The highest BCUT2D eigenvalue weighted by Gasteiger charge is 2.36. The molecule has 0 aliphatic carbocycles. The van der Waals surface area contributed by atoms with E-state index in [4.69, 9.17) is 17.3 Å². The molecule has 0 radical (unpaired) electrons. The van der Waals surface area contributed by atoms with Gasteiger partial charge < -0.3 is 20.8 Å². The van der Waals surface area contributed by atoms with Crippen molar-refractivity contribution in [3.63, 3.8) is 0 Å². The number of hydrogen-bond acceptors (Lipinski definition) is 10. The molecule has 14 nitrogen and oxygen atoms in total. The zero-order valence-electron chi connectivity index (χ0n) is 31.6. The number of fused-ring (bicyclic) bond motifs is 1. The number of Topliss-reactive ketones (excluding diaryl/α,β-unsaturated/α-hetero) is 2. The number of unbranched alkanes of at least 4 members (excludes halogenated alkanes) is 1. The number of nitrogens with zero attached hydrogens (tertiary/aromatic N) is 6. The van der Waals surface area contributed by atoms with Crippen LogP contribution in [0.15, 0.2) is 73.1 Å².